The molecule has 1 aliphatic heterocycles. The van der Waals surface area contributed by atoms with Crippen molar-refractivity contribution in [2.24, 2.45) is 0 Å². The van der Waals surface area contributed by atoms with Gasteiger partial charge in [0.05, 0.1) is 17.3 Å². The van der Waals surface area contributed by atoms with E-state index in [4.69, 9.17) is 11.6 Å². The number of H-pyrrole nitrogens is 1. The van der Waals surface area contributed by atoms with Crippen LogP contribution in [0.1, 0.15) is 40.5 Å². The number of benzene rings is 2. The lowest BCUT2D eigenvalue weighted by atomic mass is 10.0. The molecule has 4 nitrogen and oxygen atoms in total. The third-order valence-electron chi connectivity index (χ3n) is 4.77. The molecule has 1 aromatic heterocycles. The van der Waals surface area contributed by atoms with E-state index < -0.39 is 0 Å². The van der Waals surface area contributed by atoms with Gasteiger partial charge in [0.15, 0.2) is 0 Å². The minimum absolute atomic E-state index is 0.0787. The van der Waals surface area contributed by atoms with Crippen LogP contribution in [-0.4, -0.2) is 27.5 Å². The van der Waals surface area contributed by atoms with E-state index in [0.717, 1.165) is 46.6 Å². The highest BCUT2D eigenvalue weighted by atomic mass is 35.5. The molecule has 1 saturated heterocycles. The normalized spacial score (nSPS) is 17.6. The second kappa shape index (κ2) is 5.95. The molecule has 0 saturated carbocycles. The number of carbonyl (C=O) groups excluding carboxylic acids is 1. The highest BCUT2D eigenvalue weighted by Crippen LogP contribution is 2.34. The monoisotopic (exact) mass is 339 g/mol. The zero-order chi connectivity index (χ0) is 16.7. The number of halogens is 1. The Morgan fingerprint density at radius 2 is 2.04 bits per heavy atom. The van der Waals surface area contributed by atoms with E-state index >= 15 is 0 Å². The van der Waals surface area contributed by atoms with Crippen LogP contribution in [0.5, 0.6) is 0 Å². The van der Waals surface area contributed by atoms with Crippen molar-refractivity contribution in [3.05, 3.63) is 64.3 Å². The molecule has 1 amide bonds. The summed E-state index contributed by atoms with van der Waals surface area (Å²) >= 11 is 5.98. The molecule has 4 rings (SSSR count). The van der Waals surface area contributed by atoms with Gasteiger partial charge in [-0.05, 0) is 55.7 Å². The van der Waals surface area contributed by atoms with Gasteiger partial charge in [-0.2, -0.15) is 5.10 Å². The second-order valence-electron chi connectivity index (χ2n) is 6.28. The standard InChI is InChI=1S/C19H18ClN3O/c1-12-16-11-14(6-9-17(16)22-21-12)19(24)23-10-2-3-18(23)13-4-7-15(20)8-5-13/h4-9,11,18H,2-3,10H2,1H3,(H,21,22). The minimum atomic E-state index is 0.0787. The highest BCUT2D eigenvalue weighted by molar-refractivity contribution is 6.30. The highest BCUT2D eigenvalue weighted by Gasteiger charge is 2.30. The quantitative estimate of drug-likeness (QED) is 0.747. The van der Waals surface area contributed by atoms with Crippen molar-refractivity contribution in [1.82, 2.24) is 15.1 Å². The molecule has 0 bridgehead atoms. The Bertz CT molecular complexity index is 901. The molecule has 122 valence electrons. The van der Waals surface area contributed by atoms with Gasteiger partial charge >= 0.3 is 0 Å². The molecule has 1 atom stereocenters. The average Bonchev–Trinajstić information content (AvgIpc) is 3.22. The van der Waals surface area contributed by atoms with Crippen molar-refractivity contribution < 1.29 is 4.79 Å². The van der Waals surface area contributed by atoms with E-state index in [1.807, 2.05) is 54.3 Å². The van der Waals surface area contributed by atoms with Crippen molar-refractivity contribution in [1.29, 1.82) is 0 Å². The Morgan fingerprint density at radius 3 is 2.83 bits per heavy atom. The van der Waals surface area contributed by atoms with Crippen molar-refractivity contribution >= 4 is 28.4 Å². The van der Waals surface area contributed by atoms with E-state index in [2.05, 4.69) is 10.2 Å². The number of fused-ring (bicyclic) bond motifs is 1. The molecule has 3 aromatic rings. The number of rotatable bonds is 2. The molecule has 5 heteroatoms. The first-order valence-electron chi connectivity index (χ1n) is 8.14. The molecule has 0 radical (unpaired) electrons. The lowest BCUT2D eigenvalue weighted by molar-refractivity contribution is 0.0736. The van der Waals surface area contributed by atoms with Gasteiger partial charge in [-0.3, -0.25) is 9.89 Å². The van der Waals surface area contributed by atoms with Crippen molar-refractivity contribution in [3.63, 3.8) is 0 Å². The Kier molecular flexibility index (Phi) is 3.77. The molecular formula is C19H18ClN3O. The van der Waals surface area contributed by atoms with Crippen LogP contribution in [0.2, 0.25) is 5.02 Å². The van der Waals surface area contributed by atoms with Crippen LogP contribution >= 0.6 is 11.6 Å². The number of aromatic nitrogens is 2. The van der Waals surface area contributed by atoms with E-state index in [1.54, 1.807) is 0 Å². The molecule has 1 fully saturated rings. The van der Waals surface area contributed by atoms with Gasteiger partial charge in [-0.25, -0.2) is 0 Å². The fourth-order valence-electron chi connectivity index (χ4n) is 3.49. The zero-order valence-electron chi connectivity index (χ0n) is 13.4. The SMILES string of the molecule is Cc1n[nH]c2ccc(C(=O)N3CCCC3c3ccc(Cl)cc3)cc12. The number of aromatic amines is 1. The Hall–Kier alpha value is -2.33. The Morgan fingerprint density at radius 1 is 1.25 bits per heavy atom. The van der Waals surface area contributed by atoms with Crippen LogP contribution < -0.4 is 0 Å². The maximum atomic E-state index is 13.0. The number of nitrogens with zero attached hydrogens (tertiary/aromatic N) is 2. The van der Waals surface area contributed by atoms with E-state index in [1.165, 1.54) is 0 Å². The number of nitrogens with one attached hydrogen (secondary N) is 1. The van der Waals surface area contributed by atoms with Crippen LogP contribution in [0.3, 0.4) is 0 Å². The minimum Gasteiger partial charge on any atom is -0.332 e. The lowest BCUT2D eigenvalue weighted by Crippen LogP contribution is -2.30. The lowest BCUT2D eigenvalue weighted by Gasteiger charge is -2.25. The van der Waals surface area contributed by atoms with Gasteiger partial charge in [0.1, 0.15) is 0 Å². The summed E-state index contributed by atoms with van der Waals surface area (Å²) in [6.45, 7) is 2.73. The number of hydrogen-bond acceptors (Lipinski definition) is 2. The van der Waals surface area contributed by atoms with E-state index in [0.29, 0.717) is 5.56 Å². The van der Waals surface area contributed by atoms with Gasteiger partial charge in [-0.15, -0.1) is 0 Å². The van der Waals surface area contributed by atoms with E-state index in [-0.39, 0.29) is 11.9 Å². The maximum absolute atomic E-state index is 13.0. The third-order valence-corrected chi connectivity index (χ3v) is 5.02. The molecule has 2 heterocycles. The summed E-state index contributed by atoms with van der Waals surface area (Å²) in [5, 5.41) is 8.90. The van der Waals surface area contributed by atoms with Crippen LogP contribution in [0.25, 0.3) is 10.9 Å². The largest absolute Gasteiger partial charge is 0.332 e. The molecule has 0 aliphatic carbocycles. The number of aryl methyl sites for hydroxylation is 1. The second-order valence-corrected chi connectivity index (χ2v) is 6.71. The fraction of sp³-hybridized carbons (Fsp3) is 0.263. The molecule has 1 N–H and O–H groups in total. The summed E-state index contributed by atoms with van der Waals surface area (Å²) in [5.74, 6) is 0.0787. The molecular weight excluding hydrogens is 322 g/mol. The van der Waals surface area contributed by atoms with Crippen LogP contribution in [0, 0.1) is 6.92 Å². The van der Waals surface area contributed by atoms with Gasteiger partial charge in [0, 0.05) is 22.5 Å². The summed E-state index contributed by atoms with van der Waals surface area (Å²) in [6, 6.07) is 13.7. The molecule has 24 heavy (non-hydrogen) atoms. The Labute approximate surface area is 145 Å². The van der Waals surface area contributed by atoms with Crippen LogP contribution in [0.4, 0.5) is 0 Å². The molecule has 0 spiro atoms. The topological polar surface area (TPSA) is 49.0 Å². The first kappa shape index (κ1) is 15.2. The fourth-order valence-corrected chi connectivity index (χ4v) is 3.61. The van der Waals surface area contributed by atoms with Crippen molar-refractivity contribution in [2.75, 3.05) is 6.54 Å². The van der Waals surface area contributed by atoms with E-state index in [9.17, 15) is 4.79 Å². The van der Waals surface area contributed by atoms with Crippen molar-refractivity contribution in [3.8, 4) is 0 Å². The summed E-state index contributed by atoms with van der Waals surface area (Å²) in [5.41, 5.74) is 3.73. The average molecular weight is 340 g/mol. The maximum Gasteiger partial charge on any atom is 0.254 e. The predicted octanol–water partition coefficient (Wildman–Crippen LogP) is 4.50. The summed E-state index contributed by atoms with van der Waals surface area (Å²) < 4.78 is 0. The predicted molar refractivity (Wildman–Crippen MR) is 95.3 cm³/mol. The third kappa shape index (κ3) is 2.57. The number of amides is 1. The number of carbonyl (C=O) groups is 1. The zero-order valence-corrected chi connectivity index (χ0v) is 14.2. The van der Waals surface area contributed by atoms with Gasteiger partial charge in [-0.1, -0.05) is 23.7 Å². The number of likely N-dealkylation sites (tertiary alicyclic amines) is 1. The van der Waals surface area contributed by atoms with Crippen molar-refractivity contribution in [2.45, 2.75) is 25.8 Å². The smallest absolute Gasteiger partial charge is 0.254 e. The van der Waals surface area contributed by atoms with Gasteiger partial charge in [0.25, 0.3) is 5.91 Å². The molecule has 2 aromatic carbocycles. The number of hydrogen-bond donors (Lipinski definition) is 1. The summed E-state index contributed by atoms with van der Waals surface area (Å²) in [6.07, 6.45) is 2.01. The van der Waals surface area contributed by atoms with Crippen LogP contribution in [-0.2, 0) is 0 Å². The van der Waals surface area contributed by atoms with Gasteiger partial charge in [0.2, 0.25) is 0 Å². The first-order valence-corrected chi connectivity index (χ1v) is 8.52. The summed E-state index contributed by atoms with van der Waals surface area (Å²) in [7, 11) is 0. The molecule has 1 aliphatic rings. The summed E-state index contributed by atoms with van der Waals surface area (Å²) in [4.78, 5) is 15.0. The van der Waals surface area contributed by atoms with Crippen LogP contribution in [0.15, 0.2) is 42.5 Å². The first-order chi connectivity index (χ1) is 11.6. The molecule has 1 unspecified atom stereocenters. The Balaban J connectivity index is 1.66. The van der Waals surface area contributed by atoms with Gasteiger partial charge < -0.3 is 4.90 Å².